The van der Waals surface area contributed by atoms with Gasteiger partial charge in [0.1, 0.15) is 0 Å². The lowest BCUT2D eigenvalue weighted by Crippen LogP contribution is -1.97. The van der Waals surface area contributed by atoms with Crippen molar-refractivity contribution in [1.82, 2.24) is 0 Å². The molecule has 0 unspecified atom stereocenters. The van der Waals surface area contributed by atoms with Gasteiger partial charge in [0.2, 0.25) is 0 Å². The first-order valence-electron chi connectivity index (χ1n) is 8.43. The van der Waals surface area contributed by atoms with Gasteiger partial charge in [0.15, 0.2) is 0 Å². The van der Waals surface area contributed by atoms with Crippen LogP contribution in [0.25, 0.3) is 0 Å². The second kappa shape index (κ2) is 17.4. The molecule has 0 saturated heterocycles. The quantitative estimate of drug-likeness (QED) is 0.314. The molecule has 0 amide bonds. The molecule has 0 bridgehead atoms. The highest BCUT2D eigenvalue weighted by Crippen LogP contribution is 2.07. The second-order valence-corrected chi connectivity index (χ2v) is 5.40. The van der Waals surface area contributed by atoms with E-state index in [1.807, 2.05) is 0 Å². The topological polar surface area (TPSA) is 26.0 Å². The standard InChI is InChI=1S/C18H35N/c1-2-3-4-5-6-7-8-9-10-11-12-13-14-15-16-17-18-19/h7-10H,2-6,11-19H2,1H3/b8-7+,10-9-. The van der Waals surface area contributed by atoms with E-state index in [4.69, 9.17) is 5.73 Å². The Morgan fingerprint density at radius 1 is 0.632 bits per heavy atom. The van der Waals surface area contributed by atoms with Gasteiger partial charge in [-0.15, -0.1) is 0 Å². The van der Waals surface area contributed by atoms with E-state index in [-0.39, 0.29) is 0 Å². The Labute approximate surface area is 121 Å². The summed E-state index contributed by atoms with van der Waals surface area (Å²) in [6.45, 7) is 3.12. The number of hydrogen-bond donors (Lipinski definition) is 1. The van der Waals surface area contributed by atoms with Crippen molar-refractivity contribution in [3.8, 4) is 0 Å². The van der Waals surface area contributed by atoms with Crippen molar-refractivity contribution in [3.05, 3.63) is 24.3 Å². The Hall–Kier alpha value is -0.560. The van der Waals surface area contributed by atoms with E-state index in [9.17, 15) is 0 Å². The first kappa shape index (κ1) is 18.4. The smallest absolute Gasteiger partial charge is 0.00773 e. The van der Waals surface area contributed by atoms with E-state index >= 15 is 0 Å². The Morgan fingerprint density at radius 3 is 1.63 bits per heavy atom. The van der Waals surface area contributed by atoms with Crippen LogP contribution in [0.2, 0.25) is 0 Å². The predicted octanol–water partition coefficient (Wildman–Crippen LogP) is 5.76. The zero-order chi connectivity index (χ0) is 14.0. The van der Waals surface area contributed by atoms with E-state index in [1.54, 1.807) is 0 Å². The van der Waals surface area contributed by atoms with Crippen molar-refractivity contribution in [2.75, 3.05) is 6.54 Å². The lowest BCUT2D eigenvalue weighted by Gasteiger charge is -1.98. The van der Waals surface area contributed by atoms with Gasteiger partial charge >= 0.3 is 0 Å². The van der Waals surface area contributed by atoms with Gasteiger partial charge in [-0.25, -0.2) is 0 Å². The lowest BCUT2D eigenvalue weighted by atomic mass is 10.1. The first-order chi connectivity index (χ1) is 9.41. The van der Waals surface area contributed by atoms with Gasteiger partial charge in [0.05, 0.1) is 0 Å². The third-order valence-electron chi connectivity index (χ3n) is 3.43. The SMILES string of the molecule is CCCCCC/C=C/C=C\CCCCCCCCN. The fourth-order valence-electron chi connectivity index (χ4n) is 2.15. The summed E-state index contributed by atoms with van der Waals surface area (Å²) in [6.07, 6.45) is 24.9. The number of rotatable bonds is 14. The molecule has 0 atom stereocenters. The van der Waals surface area contributed by atoms with Gasteiger partial charge in [-0.1, -0.05) is 76.2 Å². The third-order valence-corrected chi connectivity index (χ3v) is 3.43. The predicted molar refractivity (Wildman–Crippen MR) is 88.4 cm³/mol. The molecule has 0 aromatic carbocycles. The zero-order valence-electron chi connectivity index (χ0n) is 13.1. The van der Waals surface area contributed by atoms with E-state index in [0.717, 1.165) is 6.54 Å². The first-order valence-corrected chi connectivity index (χ1v) is 8.43. The van der Waals surface area contributed by atoms with Crippen LogP contribution in [-0.2, 0) is 0 Å². The average molecular weight is 265 g/mol. The Kier molecular flexibility index (Phi) is 16.9. The van der Waals surface area contributed by atoms with Gasteiger partial charge in [-0.2, -0.15) is 0 Å². The molecule has 0 aliphatic heterocycles. The Bertz CT molecular complexity index is 206. The van der Waals surface area contributed by atoms with Crippen LogP contribution in [0.3, 0.4) is 0 Å². The summed E-state index contributed by atoms with van der Waals surface area (Å²) >= 11 is 0. The van der Waals surface area contributed by atoms with E-state index in [0.29, 0.717) is 0 Å². The van der Waals surface area contributed by atoms with Gasteiger partial charge < -0.3 is 5.73 Å². The summed E-state index contributed by atoms with van der Waals surface area (Å²) < 4.78 is 0. The fourth-order valence-corrected chi connectivity index (χ4v) is 2.15. The number of hydrogen-bond acceptors (Lipinski definition) is 1. The molecule has 0 aromatic rings. The van der Waals surface area contributed by atoms with E-state index in [1.165, 1.54) is 77.0 Å². The van der Waals surface area contributed by atoms with E-state index in [2.05, 4.69) is 31.2 Å². The largest absolute Gasteiger partial charge is 0.330 e. The van der Waals surface area contributed by atoms with Crippen LogP contribution in [0.1, 0.15) is 84.0 Å². The van der Waals surface area contributed by atoms with Crippen LogP contribution in [0, 0.1) is 0 Å². The molecule has 0 aromatic heterocycles. The average Bonchev–Trinajstić information content (AvgIpc) is 2.43. The normalized spacial score (nSPS) is 11.9. The third kappa shape index (κ3) is 17.4. The molecule has 19 heavy (non-hydrogen) atoms. The van der Waals surface area contributed by atoms with Crippen LogP contribution in [0.4, 0.5) is 0 Å². The van der Waals surface area contributed by atoms with Crippen molar-refractivity contribution in [2.24, 2.45) is 5.73 Å². The number of unbranched alkanes of at least 4 members (excludes halogenated alkanes) is 10. The molecule has 0 saturated carbocycles. The molecule has 0 radical (unpaired) electrons. The molecule has 1 heteroatoms. The summed E-state index contributed by atoms with van der Waals surface area (Å²) in [5.41, 5.74) is 5.47. The van der Waals surface area contributed by atoms with Crippen LogP contribution in [0.15, 0.2) is 24.3 Å². The second-order valence-electron chi connectivity index (χ2n) is 5.40. The maximum atomic E-state index is 5.47. The summed E-state index contributed by atoms with van der Waals surface area (Å²) in [6, 6.07) is 0. The summed E-state index contributed by atoms with van der Waals surface area (Å²) in [5, 5.41) is 0. The summed E-state index contributed by atoms with van der Waals surface area (Å²) in [7, 11) is 0. The lowest BCUT2D eigenvalue weighted by molar-refractivity contribution is 0.601. The highest BCUT2D eigenvalue weighted by atomic mass is 14.5. The van der Waals surface area contributed by atoms with Crippen LogP contribution in [0.5, 0.6) is 0 Å². The van der Waals surface area contributed by atoms with Crippen molar-refractivity contribution in [2.45, 2.75) is 84.0 Å². The molecule has 0 spiro atoms. The number of allylic oxidation sites excluding steroid dienone is 4. The highest BCUT2D eigenvalue weighted by molar-refractivity contribution is 5.02. The van der Waals surface area contributed by atoms with Crippen molar-refractivity contribution < 1.29 is 0 Å². The molecule has 0 aliphatic carbocycles. The van der Waals surface area contributed by atoms with Crippen molar-refractivity contribution in [3.63, 3.8) is 0 Å². The minimum atomic E-state index is 0.855. The zero-order valence-corrected chi connectivity index (χ0v) is 13.1. The fraction of sp³-hybridized carbons (Fsp3) is 0.778. The Morgan fingerprint density at radius 2 is 1.11 bits per heavy atom. The molecule has 0 heterocycles. The molecular weight excluding hydrogens is 230 g/mol. The van der Waals surface area contributed by atoms with Crippen LogP contribution in [-0.4, -0.2) is 6.54 Å². The van der Waals surface area contributed by atoms with Gasteiger partial charge in [0.25, 0.3) is 0 Å². The maximum Gasteiger partial charge on any atom is -0.00773 e. The number of nitrogens with two attached hydrogens (primary N) is 1. The molecule has 2 N–H and O–H groups in total. The summed E-state index contributed by atoms with van der Waals surface area (Å²) in [5.74, 6) is 0. The molecule has 0 rings (SSSR count). The molecular formula is C18H35N. The minimum absolute atomic E-state index is 0.855. The monoisotopic (exact) mass is 265 g/mol. The molecule has 0 aliphatic rings. The minimum Gasteiger partial charge on any atom is -0.330 e. The van der Waals surface area contributed by atoms with Crippen molar-refractivity contribution in [1.29, 1.82) is 0 Å². The molecule has 112 valence electrons. The summed E-state index contributed by atoms with van der Waals surface area (Å²) in [4.78, 5) is 0. The molecule has 1 nitrogen and oxygen atoms in total. The van der Waals surface area contributed by atoms with Crippen LogP contribution < -0.4 is 5.73 Å². The van der Waals surface area contributed by atoms with Gasteiger partial charge in [-0.3, -0.25) is 0 Å². The molecule has 0 fully saturated rings. The van der Waals surface area contributed by atoms with Gasteiger partial charge in [-0.05, 0) is 38.6 Å². The van der Waals surface area contributed by atoms with Crippen molar-refractivity contribution >= 4 is 0 Å². The Balaban J connectivity index is 3.14. The van der Waals surface area contributed by atoms with Crippen LogP contribution >= 0.6 is 0 Å². The maximum absolute atomic E-state index is 5.47. The highest BCUT2D eigenvalue weighted by Gasteiger charge is 1.89. The van der Waals surface area contributed by atoms with Gasteiger partial charge in [0, 0.05) is 0 Å². The van der Waals surface area contributed by atoms with E-state index < -0.39 is 0 Å².